The van der Waals surface area contributed by atoms with Gasteiger partial charge in [-0.3, -0.25) is 0 Å². The van der Waals surface area contributed by atoms with Crippen molar-refractivity contribution in [2.24, 2.45) is 35.5 Å². The highest BCUT2D eigenvalue weighted by atomic mass is 127. The SMILES string of the molecule is CC1CC(CCC2CC([C@@H]3CCC(C(F)CI)C3)C2)C1. The van der Waals surface area contributed by atoms with E-state index in [-0.39, 0.29) is 0 Å². The molecule has 0 aliphatic heterocycles. The van der Waals surface area contributed by atoms with Crippen LogP contribution in [0.5, 0.6) is 0 Å². The van der Waals surface area contributed by atoms with Crippen molar-refractivity contribution in [1.82, 2.24) is 0 Å². The topological polar surface area (TPSA) is 0 Å². The molecule has 3 atom stereocenters. The summed E-state index contributed by atoms with van der Waals surface area (Å²) in [6.45, 7) is 2.39. The van der Waals surface area contributed by atoms with Crippen molar-refractivity contribution in [3.05, 3.63) is 0 Å². The van der Waals surface area contributed by atoms with E-state index in [0.717, 1.165) is 36.0 Å². The molecule has 0 bridgehead atoms. The van der Waals surface area contributed by atoms with E-state index in [0.29, 0.717) is 10.3 Å². The molecular formula is C18H30FI. The predicted octanol–water partition coefficient (Wildman–Crippen LogP) is 6.03. The first kappa shape index (κ1) is 15.6. The van der Waals surface area contributed by atoms with Crippen molar-refractivity contribution in [1.29, 1.82) is 0 Å². The maximum atomic E-state index is 13.8. The van der Waals surface area contributed by atoms with Gasteiger partial charge in [-0.1, -0.05) is 42.4 Å². The van der Waals surface area contributed by atoms with Crippen LogP contribution in [0.4, 0.5) is 4.39 Å². The van der Waals surface area contributed by atoms with Crippen LogP contribution in [0.3, 0.4) is 0 Å². The zero-order valence-corrected chi connectivity index (χ0v) is 15.0. The normalized spacial score (nSPS) is 45.8. The lowest BCUT2D eigenvalue weighted by atomic mass is 9.64. The van der Waals surface area contributed by atoms with E-state index < -0.39 is 6.17 Å². The van der Waals surface area contributed by atoms with Crippen LogP contribution in [0.25, 0.3) is 0 Å². The zero-order valence-electron chi connectivity index (χ0n) is 12.9. The summed E-state index contributed by atoms with van der Waals surface area (Å²) in [5, 5.41) is 0. The Morgan fingerprint density at radius 1 is 0.950 bits per heavy atom. The van der Waals surface area contributed by atoms with Crippen molar-refractivity contribution in [3.8, 4) is 0 Å². The van der Waals surface area contributed by atoms with Gasteiger partial charge in [-0.05, 0) is 80.5 Å². The smallest absolute Gasteiger partial charge is 0.112 e. The molecular weight excluding hydrogens is 362 g/mol. The van der Waals surface area contributed by atoms with Gasteiger partial charge >= 0.3 is 0 Å². The quantitative estimate of drug-likeness (QED) is 0.383. The lowest BCUT2D eigenvalue weighted by Crippen LogP contribution is -2.31. The highest BCUT2D eigenvalue weighted by molar-refractivity contribution is 14.1. The molecule has 3 rings (SSSR count). The summed E-state index contributed by atoms with van der Waals surface area (Å²) in [6, 6.07) is 0. The third-order valence-corrected chi connectivity index (χ3v) is 7.41. The van der Waals surface area contributed by atoms with E-state index in [1.54, 1.807) is 0 Å². The Balaban J connectivity index is 1.30. The molecule has 3 aliphatic rings. The van der Waals surface area contributed by atoms with E-state index in [9.17, 15) is 4.39 Å². The van der Waals surface area contributed by atoms with Crippen LogP contribution in [0, 0.1) is 35.5 Å². The third-order valence-electron chi connectivity index (χ3n) is 6.57. The van der Waals surface area contributed by atoms with Crippen LogP contribution in [0.2, 0.25) is 0 Å². The average molecular weight is 392 g/mol. The fourth-order valence-corrected chi connectivity index (χ4v) is 5.84. The molecule has 0 aromatic carbocycles. The molecule has 0 aromatic rings. The fraction of sp³-hybridized carbons (Fsp3) is 1.00. The molecule has 0 amide bonds. The van der Waals surface area contributed by atoms with Crippen molar-refractivity contribution >= 4 is 22.6 Å². The lowest BCUT2D eigenvalue weighted by molar-refractivity contribution is 0.0950. The van der Waals surface area contributed by atoms with Gasteiger partial charge in [-0.2, -0.15) is 0 Å². The molecule has 0 heterocycles. The van der Waals surface area contributed by atoms with Gasteiger partial charge in [-0.25, -0.2) is 4.39 Å². The number of halogens is 2. The minimum atomic E-state index is -0.530. The minimum Gasteiger partial charge on any atom is -0.246 e. The van der Waals surface area contributed by atoms with E-state index >= 15 is 0 Å². The van der Waals surface area contributed by atoms with E-state index in [1.165, 1.54) is 51.4 Å². The van der Waals surface area contributed by atoms with Crippen LogP contribution in [-0.2, 0) is 0 Å². The summed E-state index contributed by atoms with van der Waals surface area (Å²) >= 11 is 2.21. The molecule has 0 saturated heterocycles. The first-order valence-corrected chi connectivity index (χ1v) is 10.4. The molecule has 3 saturated carbocycles. The minimum absolute atomic E-state index is 0.396. The summed E-state index contributed by atoms with van der Waals surface area (Å²) < 4.78 is 14.4. The van der Waals surface area contributed by atoms with Gasteiger partial charge in [0.05, 0.1) is 0 Å². The first-order chi connectivity index (χ1) is 9.65. The van der Waals surface area contributed by atoms with Crippen LogP contribution in [0.1, 0.15) is 64.7 Å². The predicted molar refractivity (Wildman–Crippen MR) is 92.0 cm³/mol. The second-order valence-corrected chi connectivity index (χ2v) is 9.00. The van der Waals surface area contributed by atoms with Gasteiger partial charge in [0.25, 0.3) is 0 Å². The Morgan fingerprint density at radius 3 is 2.20 bits per heavy atom. The fourth-order valence-electron chi connectivity index (χ4n) is 5.12. The highest BCUT2D eigenvalue weighted by Gasteiger charge is 2.40. The number of alkyl halides is 2. The Kier molecular flexibility index (Phi) is 5.31. The molecule has 116 valence electrons. The van der Waals surface area contributed by atoms with Crippen molar-refractivity contribution in [2.45, 2.75) is 70.9 Å². The van der Waals surface area contributed by atoms with Crippen LogP contribution >= 0.6 is 22.6 Å². The van der Waals surface area contributed by atoms with Gasteiger partial charge in [0.2, 0.25) is 0 Å². The number of hydrogen-bond acceptors (Lipinski definition) is 0. The van der Waals surface area contributed by atoms with Crippen molar-refractivity contribution in [2.75, 3.05) is 4.43 Å². The summed E-state index contributed by atoms with van der Waals surface area (Å²) in [5.74, 6) is 5.34. The van der Waals surface area contributed by atoms with Gasteiger partial charge in [0.1, 0.15) is 6.17 Å². The number of rotatable bonds is 6. The second-order valence-electron chi connectivity index (χ2n) is 8.12. The molecule has 0 aromatic heterocycles. The largest absolute Gasteiger partial charge is 0.246 e. The highest BCUT2D eigenvalue weighted by Crippen LogP contribution is 2.50. The van der Waals surface area contributed by atoms with Gasteiger partial charge in [0, 0.05) is 4.43 Å². The molecule has 2 unspecified atom stereocenters. The maximum Gasteiger partial charge on any atom is 0.112 e. The first-order valence-electron chi connectivity index (χ1n) is 8.85. The van der Waals surface area contributed by atoms with E-state index in [1.807, 2.05) is 0 Å². The van der Waals surface area contributed by atoms with Crippen LogP contribution in [-0.4, -0.2) is 10.6 Å². The number of hydrogen-bond donors (Lipinski definition) is 0. The average Bonchev–Trinajstić information content (AvgIpc) is 2.82. The van der Waals surface area contributed by atoms with Gasteiger partial charge in [-0.15, -0.1) is 0 Å². The van der Waals surface area contributed by atoms with Crippen LogP contribution in [0.15, 0.2) is 0 Å². The Morgan fingerprint density at radius 2 is 1.60 bits per heavy atom. The van der Waals surface area contributed by atoms with E-state index in [4.69, 9.17) is 0 Å². The maximum absolute atomic E-state index is 13.8. The molecule has 0 N–H and O–H groups in total. The Bertz CT molecular complexity index is 307. The molecule has 20 heavy (non-hydrogen) atoms. The summed E-state index contributed by atoms with van der Waals surface area (Å²) in [5.41, 5.74) is 0. The van der Waals surface area contributed by atoms with E-state index in [2.05, 4.69) is 29.5 Å². The molecule has 3 fully saturated rings. The Labute approximate surface area is 137 Å². The molecule has 0 radical (unpaired) electrons. The summed E-state index contributed by atoms with van der Waals surface area (Å²) in [6.07, 6.45) is 12.1. The monoisotopic (exact) mass is 392 g/mol. The second kappa shape index (κ2) is 6.83. The molecule has 0 nitrogen and oxygen atoms in total. The third kappa shape index (κ3) is 3.52. The summed E-state index contributed by atoms with van der Waals surface area (Å²) in [4.78, 5) is 0. The van der Waals surface area contributed by atoms with Crippen LogP contribution < -0.4 is 0 Å². The molecule has 2 heteroatoms. The van der Waals surface area contributed by atoms with Crippen molar-refractivity contribution < 1.29 is 4.39 Å². The van der Waals surface area contributed by atoms with Gasteiger partial charge < -0.3 is 0 Å². The molecule has 0 spiro atoms. The standard InChI is InChI=1S/C18H30FI/c1-12-6-13(7-12)2-3-14-8-17(9-14)15-4-5-16(10-15)18(19)11-20/h12-18H,2-11H2,1H3/t12?,13?,14?,15-,16?,17?,18?/m1/s1. The summed E-state index contributed by atoms with van der Waals surface area (Å²) in [7, 11) is 0. The Hall–Kier alpha value is 0.660. The lowest BCUT2D eigenvalue weighted by Gasteiger charge is -2.41. The van der Waals surface area contributed by atoms with Gasteiger partial charge in [0.15, 0.2) is 0 Å². The zero-order chi connectivity index (χ0) is 14.1. The van der Waals surface area contributed by atoms with Crippen molar-refractivity contribution in [3.63, 3.8) is 0 Å². The molecule has 3 aliphatic carbocycles.